The van der Waals surface area contributed by atoms with Gasteiger partial charge < -0.3 is 5.32 Å². The molecule has 3 aromatic carbocycles. The summed E-state index contributed by atoms with van der Waals surface area (Å²) in [6, 6.07) is 18.8. The second-order valence-corrected chi connectivity index (χ2v) is 9.69. The maximum atomic E-state index is 13.2. The number of anilines is 1. The molecule has 1 N–H and O–H groups in total. The number of benzene rings is 3. The van der Waals surface area contributed by atoms with Gasteiger partial charge in [-0.15, -0.1) is 0 Å². The number of halogens is 4. The van der Waals surface area contributed by atoms with Crippen molar-refractivity contribution in [3.05, 3.63) is 94.5 Å². The Kier molecular flexibility index (Phi) is 7.37. The molecule has 0 unspecified atom stereocenters. The summed E-state index contributed by atoms with van der Waals surface area (Å²) in [5.41, 5.74) is -0.343. The first-order valence-electron chi connectivity index (χ1n) is 9.32. The zero-order valence-corrected chi connectivity index (χ0v) is 18.9. The molecule has 0 aliphatic heterocycles. The third kappa shape index (κ3) is 6.18. The smallest absolute Gasteiger partial charge is 0.325 e. The zero-order valence-electron chi connectivity index (χ0n) is 16.5. The van der Waals surface area contributed by atoms with Gasteiger partial charge in [0.05, 0.1) is 17.0 Å². The third-order valence-corrected chi connectivity index (χ3v) is 6.78. The summed E-state index contributed by atoms with van der Waals surface area (Å²) in [6.07, 6.45) is -4.56. The Hall–Kier alpha value is -2.69. The van der Waals surface area contributed by atoms with E-state index in [2.05, 4.69) is 21.2 Å². The fourth-order valence-electron chi connectivity index (χ4n) is 2.90. The maximum Gasteiger partial charge on any atom is 0.416 e. The molecular weight excluding hydrogens is 509 g/mol. The highest BCUT2D eigenvalue weighted by atomic mass is 79.9. The maximum absolute atomic E-state index is 13.2. The Balaban J connectivity index is 1.85. The highest BCUT2D eigenvalue weighted by Gasteiger charge is 2.31. The van der Waals surface area contributed by atoms with Crippen molar-refractivity contribution in [3.8, 4) is 0 Å². The van der Waals surface area contributed by atoms with E-state index in [1.54, 1.807) is 42.5 Å². The van der Waals surface area contributed by atoms with Gasteiger partial charge in [-0.2, -0.15) is 17.5 Å². The molecule has 3 rings (SSSR count). The minimum absolute atomic E-state index is 0.0106. The summed E-state index contributed by atoms with van der Waals surface area (Å²) in [6.45, 7) is -0.668. The van der Waals surface area contributed by atoms with E-state index in [0.29, 0.717) is 10.0 Å². The molecule has 0 radical (unpaired) electrons. The van der Waals surface area contributed by atoms with Crippen LogP contribution in [0.15, 0.2) is 88.2 Å². The lowest BCUT2D eigenvalue weighted by atomic mass is 10.2. The van der Waals surface area contributed by atoms with Gasteiger partial charge >= 0.3 is 6.18 Å². The Morgan fingerprint density at radius 2 is 1.59 bits per heavy atom. The molecule has 32 heavy (non-hydrogen) atoms. The molecule has 0 aromatic heterocycles. The number of amides is 1. The van der Waals surface area contributed by atoms with Crippen LogP contribution < -0.4 is 5.32 Å². The Morgan fingerprint density at radius 1 is 0.938 bits per heavy atom. The monoisotopic (exact) mass is 526 g/mol. The fourth-order valence-corrected chi connectivity index (χ4v) is 4.55. The number of nitrogens with one attached hydrogen (secondary N) is 1. The highest BCUT2D eigenvalue weighted by Crippen LogP contribution is 2.30. The molecule has 0 aliphatic rings. The van der Waals surface area contributed by atoms with E-state index < -0.39 is 34.2 Å². The van der Waals surface area contributed by atoms with Crippen molar-refractivity contribution in [2.24, 2.45) is 0 Å². The predicted molar refractivity (Wildman–Crippen MR) is 118 cm³/mol. The van der Waals surface area contributed by atoms with Gasteiger partial charge in [-0.25, -0.2) is 8.42 Å². The van der Waals surface area contributed by atoms with E-state index in [1.165, 1.54) is 24.3 Å². The van der Waals surface area contributed by atoms with Crippen LogP contribution in [0.2, 0.25) is 0 Å². The molecule has 1 amide bonds. The highest BCUT2D eigenvalue weighted by molar-refractivity contribution is 9.10. The van der Waals surface area contributed by atoms with Crippen molar-refractivity contribution in [3.63, 3.8) is 0 Å². The van der Waals surface area contributed by atoms with Crippen LogP contribution in [-0.4, -0.2) is 25.2 Å². The largest absolute Gasteiger partial charge is 0.416 e. The number of rotatable bonds is 7. The number of carbonyl (C=O) groups excluding carboxylic acids is 1. The Morgan fingerprint density at radius 3 is 2.22 bits per heavy atom. The van der Waals surface area contributed by atoms with Gasteiger partial charge in [-0.1, -0.05) is 52.3 Å². The van der Waals surface area contributed by atoms with E-state index in [9.17, 15) is 26.4 Å². The molecule has 0 fully saturated rings. The van der Waals surface area contributed by atoms with E-state index in [-0.39, 0.29) is 17.1 Å². The molecule has 0 saturated carbocycles. The van der Waals surface area contributed by atoms with Gasteiger partial charge in [-0.05, 0) is 48.0 Å². The normalized spacial score (nSPS) is 12.0. The van der Waals surface area contributed by atoms with Crippen LogP contribution in [-0.2, 0) is 27.5 Å². The van der Waals surface area contributed by atoms with Crippen LogP contribution in [0.5, 0.6) is 0 Å². The van der Waals surface area contributed by atoms with Crippen molar-refractivity contribution in [1.82, 2.24) is 4.31 Å². The SMILES string of the molecule is O=C(CN(Cc1ccccc1)S(=O)(=O)c1ccc(Br)cc1)Nc1cccc(C(F)(F)F)c1. The third-order valence-electron chi connectivity index (χ3n) is 4.45. The lowest BCUT2D eigenvalue weighted by Crippen LogP contribution is -2.37. The molecule has 0 saturated heterocycles. The minimum Gasteiger partial charge on any atom is -0.325 e. The van der Waals surface area contributed by atoms with Gasteiger partial charge in [0.15, 0.2) is 0 Å². The summed E-state index contributed by atoms with van der Waals surface area (Å²) in [4.78, 5) is 12.6. The van der Waals surface area contributed by atoms with Crippen LogP contribution in [0, 0.1) is 0 Å². The molecular formula is C22H18BrF3N2O3S. The van der Waals surface area contributed by atoms with Gasteiger partial charge in [0.2, 0.25) is 15.9 Å². The number of hydrogen-bond acceptors (Lipinski definition) is 3. The average Bonchev–Trinajstić information content (AvgIpc) is 2.74. The van der Waals surface area contributed by atoms with E-state index in [0.717, 1.165) is 16.4 Å². The molecule has 0 heterocycles. The van der Waals surface area contributed by atoms with Gasteiger partial charge in [0.1, 0.15) is 0 Å². The fraction of sp³-hybridized carbons (Fsp3) is 0.136. The van der Waals surface area contributed by atoms with Gasteiger partial charge in [0, 0.05) is 16.7 Å². The lowest BCUT2D eigenvalue weighted by molar-refractivity contribution is -0.137. The second kappa shape index (κ2) is 9.85. The molecule has 10 heteroatoms. The van der Waals surface area contributed by atoms with Gasteiger partial charge in [-0.3, -0.25) is 4.79 Å². The predicted octanol–water partition coefficient (Wildman–Crippen LogP) is 5.30. The molecule has 5 nitrogen and oxygen atoms in total. The van der Waals surface area contributed by atoms with Crippen LogP contribution in [0.3, 0.4) is 0 Å². The Labute approximate surface area is 192 Å². The molecule has 0 bridgehead atoms. The topological polar surface area (TPSA) is 66.5 Å². The van der Waals surface area contributed by atoms with Crippen molar-refractivity contribution in [1.29, 1.82) is 0 Å². The molecule has 0 spiro atoms. The molecule has 168 valence electrons. The summed E-state index contributed by atoms with van der Waals surface area (Å²) in [5.74, 6) is -0.763. The molecule has 0 aliphatic carbocycles. The first kappa shape index (κ1) is 24.0. The Bertz CT molecular complexity index is 1190. The standard InChI is InChI=1S/C22H18BrF3N2O3S/c23-18-9-11-20(12-10-18)32(30,31)28(14-16-5-2-1-3-6-16)15-21(29)27-19-8-4-7-17(13-19)22(24,25)26/h1-13H,14-15H2,(H,27,29). The summed E-state index contributed by atoms with van der Waals surface area (Å²) in [5, 5.41) is 2.35. The van der Waals surface area contributed by atoms with Crippen LogP contribution in [0.4, 0.5) is 18.9 Å². The average molecular weight is 527 g/mol. The van der Waals surface area contributed by atoms with E-state index >= 15 is 0 Å². The quantitative estimate of drug-likeness (QED) is 0.454. The summed E-state index contributed by atoms with van der Waals surface area (Å²) >= 11 is 3.25. The van der Waals surface area contributed by atoms with Crippen LogP contribution in [0.25, 0.3) is 0 Å². The number of nitrogens with zero attached hydrogens (tertiary/aromatic N) is 1. The number of alkyl halides is 3. The molecule has 0 atom stereocenters. The van der Waals surface area contributed by atoms with Crippen LogP contribution in [0.1, 0.15) is 11.1 Å². The van der Waals surface area contributed by atoms with Crippen molar-refractivity contribution < 1.29 is 26.4 Å². The summed E-state index contributed by atoms with van der Waals surface area (Å²) < 4.78 is 66.9. The lowest BCUT2D eigenvalue weighted by Gasteiger charge is -2.22. The minimum atomic E-state index is -4.56. The molecule has 3 aromatic rings. The first-order valence-corrected chi connectivity index (χ1v) is 11.6. The summed E-state index contributed by atoms with van der Waals surface area (Å²) in [7, 11) is -4.06. The van der Waals surface area contributed by atoms with Gasteiger partial charge in [0.25, 0.3) is 0 Å². The number of carbonyl (C=O) groups is 1. The van der Waals surface area contributed by atoms with Crippen molar-refractivity contribution in [2.45, 2.75) is 17.6 Å². The zero-order chi connectivity index (χ0) is 23.4. The first-order chi connectivity index (χ1) is 15.1. The van der Waals surface area contributed by atoms with Crippen molar-refractivity contribution in [2.75, 3.05) is 11.9 Å². The van der Waals surface area contributed by atoms with E-state index in [4.69, 9.17) is 0 Å². The second-order valence-electron chi connectivity index (χ2n) is 6.84. The van der Waals surface area contributed by atoms with Crippen LogP contribution >= 0.6 is 15.9 Å². The number of hydrogen-bond donors (Lipinski definition) is 1. The van der Waals surface area contributed by atoms with Crippen molar-refractivity contribution >= 4 is 37.5 Å². The number of sulfonamides is 1. The van der Waals surface area contributed by atoms with E-state index in [1.807, 2.05) is 0 Å².